The molecule has 0 saturated heterocycles. The number of benzene rings is 1. The van der Waals surface area contributed by atoms with Gasteiger partial charge in [-0.3, -0.25) is 14.2 Å². The number of amides is 1. The van der Waals surface area contributed by atoms with Gasteiger partial charge in [-0.15, -0.1) is 11.3 Å². The van der Waals surface area contributed by atoms with Gasteiger partial charge in [0.15, 0.2) is 0 Å². The molecule has 0 fully saturated rings. The SMILES string of the molecule is O=C(NCc1csc(-c2ccccc2)n1)c1c[nH]c(=O)n(Cc2ccco2)c1=O. The van der Waals surface area contributed by atoms with Crippen LogP contribution in [0.5, 0.6) is 0 Å². The Hall–Kier alpha value is -3.72. The first-order valence-electron chi connectivity index (χ1n) is 8.75. The lowest BCUT2D eigenvalue weighted by molar-refractivity contribution is 0.0947. The second-order valence-electron chi connectivity index (χ2n) is 6.17. The molecule has 29 heavy (non-hydrogen) atoms. The van der Waals surface area contributed by atoms with Gasteiger partial charge >= 0.3 is 5.69 Å². The van der Waals surface area contributed by atoms with Crippen LogP contribution in [-0.4, -0.2) is 20.4 Å². The van der Waals surface area contributed by atoms with E-state index in [1.165, 1.54) is 17.6 Å². The van der Waals surface area contributed by atoms with Crippen molar-refractivity contribution in [1.82, 2.24) is 19.9 Å². The second kappa shape index (κ2) is 8.11. The Balaban J connectivity index is 1.49. The molecule has 1 aromatic carbocycles. The Bertz CT molecular complexity index is 1240. The number of aromatic nitrogens is 3. The summed E-state index contributed by atoms with van der Waals surface area (Å²) < 4.78 is 6.09. The number of hydrogen-bond acceptors (Lipinski definition) is 6. The first-order chi connectivity index (χ1) is 14.1. The number of carbonyl (C=O) groups is 1. The molecule has 0 aliphatic carbocycles. The summed E-state index contributed by atoms with van der Waals surface area (Å²) in [7, 11) is 0. The molecule has 0 bridgehead atoms. The summed E-state index contributed by atoms with van der Waals surface area (Å²) in [5, 5.41) is 5.37. The van der Waals surface area contributed by atoms with E-state index in [1.807, 2.05) is 35.7 Å². The molecule has 0 aliphatic heterocycles. The molecular formula is C20H16N4O4S. The van der Waals surface area contributed by atoms with Crippen molar-refractivity contribution in [1.29, 1.82) is 0 Å². The van der Waals surface area contributed by atoms with Crippen molar-refractivity contribution < 1.29 is 9.21 Å². The van der Waals surface area contributed by atoms with Crippen molar-refractivity contribution in [2.24, 2.45) is 0 Å². The number of thiazole rings is 1. The molecule has 0 unspecified atom stereocenters. The van der Waals surface area contributed by atoms with Gasteiger partial charge in [0.25, 0.3) is 11.5 Å². The van der Waals surface area contributed by atoms with Gasteiger partial charge in [-0.2, -0.15) is 0 Å². The molecule has 8 nitrogen and oxygen atoms in total. The Kier molecular flexibility index (Phi) is 5.21. The van der Waals surface area contributed by atoms with Gasteiger partial charge in [-0.1, -0.05) is 30.3 Å². The highest BCUT2D eigenvalue weighted by Gasteiger charge is 2.16. The van der Waals surface area contributed by atoms with E-state index in [4.69, 9.17) is 4.42 Å². The normalized spacial score (nSPS) is 10.8. The quantitative estimate of drug-likeness (QED) is 0.508. The number of aromatic amines is 1. The first-order valence-corrected chi connectivity index (χ1v) is 9.63. The monoisotopic (exact) mass is 408 g/mol. The molecule has 3 heterocycles. The average molecular weight is 408 g/mol. The minimum atomic E-state index is -0.689. The summed E-state index contributed by atoms with van der Waals surface area (Å²) in [5.74, 6) is -0.153. The highest BCUT2D eigenvalue weighted by molar-refractivity contribution is 7.13. The van der Waals surface area contributed by atoms with Crippen LogP contribution in [0.1, 0.15) is 21.8 Å². The zero-order chi connectivity index (χ0) is 20.2. The van der Waals surface area contributed by atoms with Crippen LogP contribution >= 0.6 is 11.3 Å². The third-order valence-corrected chi connectivity index (χ3v) is 5.14. The Morgan fingerprint density at radius 1 is 1.17 bits per heavy atom. The number of H-pyrrole nitrogens is 1. The summed E-state index contributed by atoms with van der Waals surface area (Å²) in [6, 6.07) is 13.0. The van der Waals surface area contributed by atoms with Gasteiger partial charge in [0.05, 0.1) is 25.0 Å². The molecule has 4 rings (SSSR count). The van der Waals surface area contributed by atoms with Crippen LogP contribution in [0.4, 0.5) is 0 Å². The zero-order valence-electron chi connectivity index (χ0n) is 15.1. The van der Waals surface area contributed by atoms with Crippen LogP contribution in [-0.2, 0) is 13.1 Å². The maximum absolute atomic E-state index is 12.6. The number of hydrogen-bond donors (Lipinski definition) is 2. The maximum atomic E-state index is 12.6. The number of rotatable bonds is 6. The predicted molar refractivity (Wildman–Crippen MR) is 108 cm³/mol. The van der Waals surface area contributed by atoms with Crippen LogP contribution in [0, 0.1) is 0 Å². The zero-order valence-corrected chi connectivity index (χ0v) is 15.9. The van der Waals surface area contributed by atoms with Gasteiger partial charge in [-0.25, -0.2) is 9.78 Å². The van der Waals surface area contributed by atoms with E-state index in [9.17, 15) is 14.4 Å². The lowest BCUT2D eigenvalue weighted by Crippen LogP contribution is -2.40. The van der Waals surface area contributed by atoms with E-state index >= 15 is 0 Å². The Morgan fingerprint density at radius 3 is 2.76 bits per heavy atom. The van der Waals surface area contributed by atoms with Crippen LogP contribution in [0.3, 0.4) is 0 Å². The standard InChI is InChI=1S/C20H16N4O4S/c25-17(21-9-14-12-29-18(23-14)13-5-2-1-3-6-13)16-10-22-20(27)24(19(16)26)11-15-7-4-8-28-15/h1-8,10,12H,9,11H2,(H,21,25)(H,22,27). The largest absolute Gasteiger partial charge is 0.467 e. The maximum Gasteiger partial charge on any atom is 0.328 e. The third-order valence-electron chi connectivity index (χ3n) is 4.20. The smallest absolute Gasteiger partial charge is 0.328 e. The van der Waals surface area contributed by atoms with E-state index in [-0.39, 0.29) is 18.7 Å². The molecule has 2 N–H and O–H groups in total. The highest BCUT2D eigenvalue weighted by atomic mass is 32.1. The lowest BCUT2D eigenvalue weighted by Gasteiger charge is -2.06. The Labute approximate surface area is 168 Å². The number of carbonyl (C=O) groups excluding carboxylic acids is 1. The summed E-state index contributed by atoms with van der Waals surface area (Å²) in [5.41, 5.74) is 0.217. The van der Waals surface area contributed by atoms with Crippen molar-refractivity contribution in [2.45, 2.75) is 13.1 Å². The molecule has 0 radical (unpaired) electrons. The molecule has 0 saturated carbocycles. The average Bonchev–Trinajstić information content (AvgIpc) is 3.42. The van der Waals surface area contributed by atoms with Gasteiger partial charge in [-0.05, 0) is 12.1 Å². The van der Waals surface area contributed by atoms with Crippen molar-refractivity contribution in [3.05, 3.63) is 98.2 Å². The van der Waals surface area contributed by atoms with Crippen LogP contribution in [0.25, 0.3) is 10.6 Å². The Morgan fingerprint density at radius 2 is 2.00 bits per heavy atom. The minimum Gasteiger partial charge on any atom is -0.467 e. The second-order valence-corrected chi connectivity index (χ2v) is 7.03. The fraction of sp³-hybridized carbons (Fsp3) is 0.100. The number of furan rings is 1. The predicted octanol–water partition coefficient (Wildman–Crippen LogP) is 2.23. The van der Waals surface area contributed by atoms with E-state index in [0.29, 0.717) is 11.5 Å². The topological polar surface area (TPSA) is 110 Å². The van der Waals surface area contributed by atoms with E-state index in [0.717, 1.165) is 21.3 Å². The van der Waals surface area contributed by atoms with Gasteiger partial charge < -0.3 is 14.7 Å². The molecule has 3 aromatic heterocycles. The molecule has 4 aromatic rings. The van der Waals surface area contributed by atoms with Crippen LogP contribution in [0.2, 0.25) is 0 Å². The van der Waals surface area contributed by atoms with E-state index in [1.54, 1.807) is 12.1 Å². The van der Waals surface area contributed by atoms with Crippen molar-refractivity contribution in [2.75, 3.05) is 0 Å². The fourth-order valence-electron chi connectivity index (χ4n) is 2.74. The molecule has 1 amide bonds. The van der Waals surface area contributed by atoms with Crippen LogP contribution in [0.15, 0.2) is 74.3 Å². The van der Waals surface area contributed by atoms with Gasteiger partial charge in [0, 0.05) is 17.1 Å². The molecule has 0 atom stereocenters. The lowest BCUT2D eigenvalue weighted by atomic mass is 10.2. The number of nitrogens with one attached hydrogen (secondary N) is 2. The highest BCUT2D eigenvalue weighted by Crippen LogP contribution is 2.23. The molecular weight excluding hydrogens is 392 g/mol. The number of nitrogens with zero attached hydrogens (tertiary/aromatic N) is 2. The van der Waals surface area contributed by atoms with E-state index < -0.39 is 17.2 Å². The van der Waals surface area contributed by atoms with Crippen molar-refractivity contribution in [3.63, 3.8) is 0 Å². The molecule has 146 valence electrons. The summed E-state index contributed by atoms with van der Waals surface area (Å²) in [4.78, 5) is 44.0. The van der Waals surface area contributed by atoms with Gasteiger partial charge in [0.1, 0.15) is 16.3 Å². The first kappa shape index (κ1) is 18.6. The summed E-state index contributed by atoms with van der Waals surface area (Å²) in [6.45, 7) is 0.105. The van der Waals surface area contributed by atoms with Gasteiger partial charge in [0.2, 0.25) is 0 Å². The van der Waals surface area contributed by atoms with E-state index in [2.05, 4.69) is 15.3 Å². The fourth-order valence-corrected chi connectivity index (χ4v) is 3.57. The minimum absolute atomic E-state index is 0.0607. The van der Waals surface area contributed by atoms with Crippen LogP contribution < -0.4 is 16.6 Å². The molecule has 9 heteroatoms. The van der Waals surface area contributed by atoms with Crippen molar-refractivity contribution in [3.8, 4) is 10.6 Å². The molecule has 0 spiro atoms. The third kappa shape index (κ3) is 4.09. The molecule has 0 aliphatic rings. The van der Waals surface area contributed by atoms with Crippen molar-refractivity contribution >= 4 is 17.2 Å². The summed E-state index contributed by atoms with van der Waals surface area (Å²) >= 11 is 1.47. The summed E-state index contributed by atoms with van der Waals surface area (Å²) in [6.07, 6.45) is 2.57.